The SMILES string of the molecule is COc1ccc2nc(C)cc(SCCC(=O)[O-])c2c1. The van der Waals surface area contributed by atoms with Crippen molar-refractivity contribution in [2.75, 3.05) is 12.9 Å². The van der Waals surface area contributed by atoms with Gasteiger partial charge in [-0.25, -0.2) is 0 Å². The van der Waals surface area contributed by atoms with Crippen LogP contribution in [0.5, 0.6) is 5.75 Å². The van der Waals surface area contributed by atoms with E-state index in [-0.39, 0.29) is 6.42 Å². The Morgan fingerprint density at radius 2 is 2.21 bits per heavy atom. The van der Waals surface area contributed by atoms with Crippen LogP contribution < -0.4 is 9.84 Å². The quantitative estimate of drug-likeness (QED) is 0.779. The van der Waals surface area contributed by atoms with Crippen molar-refractivity contribution in [3.63, 3.8) is 0 Å². The maximum atomic E-state index is 10.5. The van der Waals surface area contributed by atoms with Crippen LogP contribution in [0.1, 0.15) is 12.1 Å². The first kappa shape index (κ1) is 13.7. The monoisotopic (exact) mass is 276 g/mol. The molecule has 0 spiro atoms. The van der Waals surface area contributed by atoms with Gasteiger partial charge >= 0.3 is 0 Å². The Kier molecular flexibility index (Phi) is 4.27. The largest absolute Gasteiger partial charge is 0.550 e. The number of carbonyl (C=O) groups is 1. The maximum absolute atomic E-state index is 10.5. The minimum atomic E-state index is -1.03. The number of pyridine rings is 1. The number of methoxy groups -OCH3 is 1. The molecular formula is C14H14NO3S-. The average Bonchev–Trinajstić information content (AvgIpc) is 2.37. The van der Waals surface area contributed by atoms with Gasteiger partial charge in [0.15, 0.2) is 0 Å². The van der Waals surface area contributed by atoms with Gasteiger partial charge in [-0.1, -0.05) is 0 Å². The number of nitrogens with zero attached hydrogens (tertiary/aromatic N) is 1. The fourth-order valence-electron chi connectivity index (χ4n) is 1.79. The van der Waals surface area contributed by atoms with Gasteiger partial charge < -0.3 is 14.6 Å². The van der Waals surface area contributed by atoms with E-state index in [2.05, 4.69) is 4.98 Å². The molecule has 0 N–H and O–H groups in total. The van der Waals surface area contributed by atoms with E-state index in [0.29, 0.717) is 5.75 Å². The lowest BCUT2D eigenvalue weighted by molar-refractivity contribution is -0.305. The molecule has 100 valence electrons. The molecule has 1 heterocycles. The van der Waals surface area contributed by atoms with Crippen LogP contribution in [0, 0.1) is 6.92 Å². The van der Waals surface area contributed by atoms with E-state index in [4.69, 9.17) is 4.74 Å². The summed E-state index contributed by atoms with van der Waals surface area (Å²) in [6, 6.07) is 7.65. The number of rotatable bonds is 5. The number of ether oxygens (including phenoxy) is 1. The van der Waals surface area contributed by atoms with Crippen molar-refractivity contribution in [2.24, 2.45) is 0 Å². The zero-order chi connectivity index (χ0) is 13.8. The van der Waals surface area contributed by atoms with Gasteiger partial charge in [-0.15, -0.1) is 11.8 Å². The molecular weight excluding hydrogens is 262 g/mol. The number of hydrogen-bond donors (Lipinski definition) is 0. The Morgan fingerprint density at radius 1 is 1.42 bits per heavy atom. The number of benzene rings is 1. The molecule has 4 nitrogen and oxygen atoms in total. The van der Waals surface area contributed by atoms with Gasteiger partial charge in [0.1, 0.15) is 5.75 Å². The summed E-state index contributed by atoms with van der Waals surface area (Å²) in [5.41, 5.74) is 1.80. The lowest BCUT2D eigenvalue weighted by atomic mass is 10.2. The highest BCUT2D eigenvalue weighted by molar-refractivity contribution is 7.99. The number of carboxylic acid groups (broad SMARTS) is 1. The maximum Gasteiger partial charge on any atom is 0.119 e. The molecule has 0 aliphatic carbocycles. The summed E-state index contributed by atoms with van der Waals surface area (Å²) in [7, 11) is 1.62. The third-order valence-electron chi connectivity index (χ3n) is 2.67. The Balaban J connectivity index is 2.36. The Labute approximate surface area is 115 Å². The van der Waals surface area contributed by atoms with E-state index in [1.165, 1.54) is 11.8 Å². The Morgan fingerprint density at radius 3 is 2.89 bits per heavy atom. The first-order chi connectivity index (χ1) is 9.10. The van der Waals surface area contributed by atoms with Gasteiger partial charge in [0, 0.05) is 27.7 Å². The molecule has 1 aromatic carbocycles. The average molecular weight is 276 g/mol. The molecule has 0 amide bonds. The number of aliphatic carboxylic acids is 1. The number of thioether (sulfide) groups is 1. The fourth-order valence-corrected chi connectivity index (χ4v) is 2.85. The summed E-state index contributed by atoms with van der Waals surface area (Å²) >= 11 is 1.50. The highest BCUT2D eigenvalue weighted by atomic mass is 32.2. The zero-order valence-electron chi connectivity index (χ0n) is 10.8. The first-order valence-electron chi connectivity index (χ1n) is 5.88. The molecule has 2 aromatic rings. The van der Waals surface area contributed by atoms with Crippen LogP contribution in [0.4, 0.5) is 0 Å². The third-order valence-corrected chi connectivity index (χ3v) is 3.73. The van der Waals surface area contributed by atoms with Gasteiger partial charge in [-0.2, -0.15) is 0 Å². The first-order valence-corrected chi connectivity index (χ1v) is 6.87. The molecule has 0 atom stereocenters. The van der Waals surface area contributed by atoms with Crippen LogP contribution in [0.2, 0.25) is 0 Å². The molecule has 0 saturated heterocycles. The highest BCUT2D eigenvalue weighted by Crippen LogP contribution is 2.30. The van der Waals surface area contributed by atoms with Crippen molar-refractivity contribution in [1.82, 2.24) is 4.98 Å². The standard InChI is InChI=1S/C14H15NO3S/c1-9-7-13(19-6-5-14(16)17)11-8-10(18-2)3-4-12(11)15-9/h3-4,7-8H,5-6H2,1-2H3,(H,16,17)/p-1. The summed E-state index contributed by atoms with van der Waals surface area (Å²) in [6.07, 6.45) is 0.0392. The number of aromatic nitrogens is 1. The van der Waals surface area contributed by atoms with Crippen molar-refractivity contribution in [3.05, 3.63) is 30.0 Å². The van der Waals surface area contributed by atoms with Gasteiger partial charge in [0.2, 0.25) is 0 Å². The van der Waals surface area contributed by atoms with Crippen LogP contribution in [-0.2, 0) is 4.79 Å². The van der Waals surface area contributed by atoms with Crippen molar-refractivity contribution in [1.29, 1.82) is 0 Å². The van der Waals surface area contributed by atoms with Crippen molar-refractivity contribution >= 4 is 28.6 Å². The number of fused-ring (bicyclic) bond motifs is 1. The molecule has 0 saturated carbocycles. The third kappa shape index (κ3) is 3.38. The lowest BCUT2D eigenvalue weighted by Gasteiger charge is -2.09. The Bertz CT molecular complexity index is 613. The van der Waals surface area contributed by atoms with Crippen LogP contribution in [0.3, 0.4) is 0 Å². The van der Waals surface area contributed by atoms with Crippen LogP contribution >= 0.6 is 11.8 Å². The zero-order valence-corrected chi connectivity index (χ0v) is 11.6. The molecule has 19 heavy (non-hydrogen) atoms. The van der Waals surface area contributed by atoms with E-state index in [9.17, 15) is 9.90 Å². The molecule has 5 heteroatoms. The van der Waals surface area contributed by atoms with E-state index in [1.807, 2.05) is 31.2 Å². The fraction of sp³-hybridized carbons (Fsp3) is 0.286. The van der Waals surface area contributed by atoms with E-state index >= 15 is 0 Å². The second-order valence-electron chi connectivity index (χ2n) is 4.12. The summed E-state index contributed by atoms with van der Waals surface area (Å²) in [5.74, 6) is 0.220. The normalized spacial score (nSPS) is 10.6. The molecule has 0 fully saturated rings. The van der Waals surface area contributed by atoms with Crippen molar-refractivity contribution < 1.29 is 14.6 Å². The number of hydrogen-bond acceptors (Lipinski definition) is 5. The van der Waals surface area contributed by atoms with Gasteiger partial charge in [-0.3, -0.25) is 4.98 Å². The molecule has 0 radical (unpaired) electrons. The van der Waals surface area contributed by atoms with Crippen LogP contribution in [0.15, 0.2) is 29.2 Å². The minimum Gasteiger partial charge on any atom is -0.550 e. The topological polar surface area (TPSA) is 62.2 Å². The molecule has 0 aliphatic heterocycles. The smallest absolute Gasteiger partial charge is 0.119 e. The minimum absolute atomic E-state index is 0.0392. The highest BCUT2D eigenvalue weighted by Gasteiger charge is 2.06. The summed E-state index contributed by atoms with van der Waals surface area (Å²) in [4.78, 5) is 15.9. The van der Waals surface area contributed by atoms with E-state index in [0.717, 1.165) is 27.2 Å². The number of carbonyl (C=O) groups excluding carboxylic acids is 1. The molecule has 0 aliphatic rings. The molecule has 1 aromatic heterocycles. The summed E-state index contributed by atoms with van der Waals surface area (Å²) in [5, 5.41) is 11.4. The van der Waals surface area contributed by atoms with Crippen LogP contribution in [0.25, 0.3) is 10.9 Å². The molecule has 0 bridgehead atoms. The van der Waals surface area contributed by atoms with Crippen LogP contribution in [-0.4, -0.2) is 23.8 Å². The predicted octanol–water partition coefficient (Wildman–Crippen LogP) is 1.78. The second-order valence-corrected chi connectivity index (χ2v) is 5.25. The predicted molar refractivity (Wildman–Crippen MR) is 73.4 cm³/mol. The van der Waals surface area contributed by atoms with Gasteiger partial charge in [0.05, 0.1) is 12.6 Å². The van der Waals surface area contributed by atoms with Gasteiger partial charge in [0.25, 0.3) is 0 Å². The number of aryl methyl sites for hydroxylation is 1. The molecule has 2 rings (SSSR count). The summed E-state index contributed by atoms with van der Waals surface area (Å²) < 4.78 is 5.21. The lowest BCUT2D eigenvalue weighted by Crippen LogP contribution is -2.22. The molecule has 0 unspecified atom stereocenters. The van der Waals surface area contributed by atoms with E-state index in [1.54, 1.807) is 7.11 Å². The van der Waals surface area contributed by atoms with Gasteiger partial charge in [-0.05, 0) is 37.6 Å². The summed E-state index contributed by atoms with van der Waals surface area (Å²) in [6.45, 7) is 1.92. The Hall–Kier alpha value is -1.75. The van der Waals surface area contributed by atoms with Crippen molar-refractivity contribution in [3.8, 4) is 5.75 Å². The van der Waals surface area contributed by atoms with E-state index < -0.39 is 5.97 Å². The number of carboxylic acids is 1. The second kappa shape index (κ2) is 5.93. The van der Waals surface area contributed by atoms with Crippen molar-refractivity contribution in [2.45, 2.75) is 18.2 Å².